The number of ether oxygens (including phenoxy) is 2. The molecule has 5 heteroatoms. The molecule has 136 valence electrons. The molecule has 0 spiro atoms. The Morgan fingerprint density at radius 1 is 0.960 bits per heavy atom. The fraction of sp³-hybridized carbons (Fsp3) is 0.600. The lowest BCUT2D eigenvalue weighted by Gasteiger charge is -2.26. The van der Waals surface area contributed by atoms with Gasteiger partial charge in [-0.05, 0) is 44.0 Å². The molecule has 1 saturated heterocycles. The number of imide groups is 1. The molecule has 1 aliphatic heterocycles. The third-order valence-electron chi connectivity index (χ3n) is 5.30. The molecule has 3 atom stereocenters. The second-order valence-corrected chi connectivity index (χ2v) is 7.16. The molecule has 1 aromatic carbocycles. The zero-order valence-electron chi connectivity index (χ0n) is 15.2. The average Bonchev–Trinajstić information content (AvgIpc) is 2.80. The molecule has 5 nitrogen and oxygen atoms in total. The van der Waals surface area contributed by atoms with Crippen LogP contribution in [0.5, 0.6) is 5.75 Å². The molecule has 0 aromatic heterocycles. The first-order valence-electron chi connectivity index (χ1n) is 9.27. The number of rotatable bonds is 5. The number of amides is 2. The highest BCUT2D eigenvalue weighted by atomic mass is 16.7. The first-order valence-corrected chi connectivity index (χ1v) is 9.27. The monoisotopic (exact) mass is 345 g/mol. The van der Waals surface area contributed by atoms with Crippen molar-refractivity contribution in [2.45, 2.75) is 65.3 Å². The van der Waals surface area contributed by atoms with Gasteiger partial charge >= 0.3 is 0 Å². The van der Waals surface area contributed by atoms with Crippen LogP contribution >= 0.6 is 0 Å². The number of anilines is 1. The van der Waals surface area contributed by atoms with Gasteiger partial charge in [0.2, 0.25) is 11.8 Å². The molecule has 0 N–H and O–H groups in total. The van der Waals surface area contributed by atoms with E-state index in [9.17, 15) is 9.59 Å². The maximum absolute atomic E-state index is 12.3. The van der Waals surface area contributed by atoms with Crippen LogP contribution < -0.4 is 9.64 Å². The highest BCUT2D eigenvalue weighted by molar-refractivity contribution is 6.21. The lowest BCUT2D eigenvalue weighted by Crippen LogP contribution is -2.30. The lowest BCUT2D eigenvalue weighted by atomic mass is 9.98. The number of carbonyl (C=O) groups is 2. The van der Waals surface area contributed by atoms with Crippen molar-refractivity contribution < 1.29 is 19.1 Å². The van der Waals surface area contributed by atoms with Gasteiger partial charge < -0.3 is 9.47 Å². The number of carbonyl (C=O) groups excluding carboxylic acids is 2. The van der Waals surface area contributed by atoms with Crippen LogP contribution in [0.25, 0.3) is 0 Å². The Kier molecular flexibility index (Phi) is 5.42. The van der Waals surface area contributed by atoms with E-state index in [4.69, 9.17) is 9.47 Å². The van der Waals surface area contributed by atoms with Gasteiger partial charge in [-0.2, -0.15) is 0 Å². The standard InChI is InChI=1S/C20H27NO4/c1-13-14(2)20(23)21(19(13)22)16-9-11-18(12-10-16)25-15(3)24-17-7-5-4-6-8-17/h9-15,17H,4-8H2,1-3H3. The smallest absolute Gasteiger partial charge is 0.237 e. The van der Waals surface area contributed by atoms with Crippen LogP contribution in [-0.4, -0.2) is 24.2 Å². The van der Waals surface area contributed by atoms with Crippen LogP contribution in [0.3, 0.4) is 0 Å². The highest BCUT2D eigenvalue weighted by Gasteiger charge is 2.42. The van der Waals surface area contributed by atoms with E-state index in [1.54, 1.807) is 38.1 Å². The molecule has 1 saturated carbocycles. The van der Waals surface area contributed by atoms with Gasteiger partial charge in [-0.15, -0.1) is 0 Å². The van der Waals surface area contributed by atoms with Crippen molar-refractivity contribution in [3.63, 3.8) is 0 Å². The minimum absolute atomic E-state index is 0.139. The topological polar surface area (TPSA) is 55.8 Å². The quantitative estimate of drug-likeness (QED) is 0.600. The van der Waals surface area contributed by atoms with E-state index in [0.29, 0.717) is 11.4 Å². The van der Waals surface area contributed by atoms with E-state index >= 15 is 0 Å². The third kappa shape index (κ3) is 3.87. The predicted molar refractivity (Wildman–Crippen MR) is 95.3 cm³/mol. The minimum Gasteiger partial charge on any atom is -0.465 e. The number of hydrogen-bond donors (Lipinski definition) is 0. The first-order chi connectivity index (χ1) is 12.0. The molecule has 25 heavy (non-hydrogen) atoms. The summed E-state index contributed by atoms with van der Waals surface area (Å²) in [6.07, 6.45) is 5.91. The number of benzene rings is 1. The molecule has 2 aliphatic rings. The Labute approximate surface area is 149 Å². The van der Waals surface area contributed by atoms with Crippen LogP contribution in [0.1, 0.15) is 52.9 Å². The van der Waals surface area contributed by atoms with Gasteiger partial charge in [-0.25, -0.2) is 0 Å². The second kappa shape index (κ2) is 7.56. The van der Waals surface area contributed by atoms with E-state index < -0.39 is 0 Å². The summed E-state index contributed by atoms with van der Waals surface area (Å²) in [5, 5.41) is 0. The maximum atomic E-state index is 12.3. The van der Waals surface area contributed by atoms with Gasteiger partial charge in [0.25, 0.3) is 0 Å². The minimum atomic E-state index is -0.316. The van der Waals surface area contributed by atoms with Gasteiger partial charge in [0.1, 0.15) is 5.75 Å². The Balaban J connectivity index is 1.60. The molecule has 2 fully saturated rings. The Bertz CT molecular complexity index is 601. The molecular weight excluding hydrogens is 318 g/mol. The van der Waals surface area contributed by atoms with Crippen molar-refractivity contribution in [1.82, 2.24) is 0 Å². The van der Waals surface area contributed by atoms with Crippen molar-refractivity contribution in [2.75, 3.05) is 4.90 Å². The van der Waals surface area contributed by atoms with Crippen molar-refractivity contribution >= 4 is 17.5 Å². The molecule has 1 aliphatic carbocycles. The molecule has 3 rings (SSSR count). The zero-order valence-corrected chi connectivity index (χ0v) is 15.2. The average molecular weight is 345 g/mol. The maximum Gasteiger partial charge on any atom is 0.237 e. The first kappa shape index (κ1) is 17.9. The Morgan fingerprint density at radius 3 is 2.08 bits per heavy atom. The lowest BCUT2D eigenvalue weighted by molar-refractivity contribution is -0.122. The van der Waals surface area contributed by atoms with E-state index in [1.165, 1.54) is 24.2 Å². The predicted octanol–water partition coefficient (Wildman–Crippen LogP) is 3.91. The summed E-state index contributed by atoms with van der Waals surface area (Å²) in [7, 11) is 0. The van der Waals surface area contributed by atoms with Gasteiger partial charge in [-0.3, -0.25) is 14.5 Å². The third-order valence-corrected chi connectivity index (χ3v) is 5.30. The number of hydrogen-bond acceptors (Lipinski definition) is 4. The largest absolute Gasteiger partial charge is 0.465 e. The summed E-state index contributed by atoms with van der Waals surface area (Å²) in [5.41, 5.74) is 0.597. The van der Waals surface area contributed by atoms with Crippen LogP contribution in [0.4, 0.5) is 5.69 Å². The Morgan fingerprint density at radius 2 is 1.52 bits per heavy atom. The van der Waals surface area contributed by atoms with E-state index in [-0.39, 0.29) is 36.0 Å². The molecule has 1 heterocycles. The van der Waals surface area contributed by atoms with Crippen LogP contribution in [0.2, 0.25) is 0 Å². The molecular formula is C20H27NO4. The highest BCUT2D eigenvalue weighted by Crippen LogP contribution is 2.31. The summed E-state index contributed by atoms with van der Waals surface area (Å²) in [6, 6.07) is 7.07. The van der Waals surface area contributed by atoms with Gasteiger partial charge in [0.05, 0.1) is 11.8 Å². The molecule has 2 amide bonds. The van der Waals surface area contributed by atoms with E-state index in [0.717, 1.165) is 12.8 Å². The molecule has 0 bridgehead atoms. The molecule has 1 aromatic rings. The summed E-state index contributed by atoms with van der Waals surface area (Å²) in [6.45, 7) is 5.50. The summed E-state index contributed by atoms with van der Waals surface area (Å²) in [4.78, 5) is 25.8. The summed E-state index contributed by atoms with van der Waals surface area (Å²) in [5.74, 6) is -0.146. The van der Waals surface area contributed by atoms with Crippen LogP contribution in [-0.2, 0) is 14.3 Å². The van der Waals surface area contributed by atoms with Gasteiger partial charge in [-0.1, -0.05) is 33.1 Å². The second-order valence-electron chi connectivity index (χ2n) is 7.16. The van der Waals surface area contributed by atoms with Crippen molar-refractivity contribution in [1.29, 1.82) is 0 Å². The van der Waals surface area contributed by atoms with Gasteiger partial charge in [0, 0.05) is 11.8 Å². The van der Waals surface area contributed by atoms with Crippen molar-refractivity contribution in [3.8, 4) is 5.75 Å². The Hall–Kier alpha value is -1.88. The molecule has 3 unspecified atom stereocenters. The van der Waals surface area contributed by atoms with Crippen molar-refractivity contribution in [3.05, 3.63) is 24.3 Å². The normalized spacial score (nSPS) is 26.1. The zero-order chi connectivity index (χ0) is 18.0. The fourth-order valence-electron chi connectivity index (χ4n) is 3.56. The van der Waals surface area contributed by atoms with E-state index in [1.807, 2.05) is 6.92 Å². The van der Waals surface area contributed by atoms with Crippen LogP contribution in [0, 0.1) is 11.8 Å². The van der Waals surface area contributed by atoms with Crippen LogP contribution in [0.15, 0.2) is 24.3 Å². The summed E-state index contributed by atoms with van der Waals surface area (Å²) >= 11 is 0. The molecule has 0 radical (unpaired) electrons. The number of nitrogens with zero attached hydrogens (tertiary/aromatic N) is 1. The SMILES string of the molecule is CC(Oc1ccc(N2C(=O)C(C)C(C)C2=O)cc1)OC1CCCCC1. The summed E-state index contributed by atoms with van der Waals surface area (Å²) < 4.78 is 11.8. The van der Waals surface area contributed by atoms with Gasteiger partial charge in [0.15, 0.2) is 6.29 Å². The van der Waals surface area contributed by atoms with E-state index in [2.05, 4.69) is 0 Å². The fourth-order valence-corrected chi connectivity index (χ4v) is 3.56. The van der Waals surface area contributed by atoms with Crippen molar-refractivity contribution in [2.24, 2.45) is 11.8 Å².